The molecule has 0 unspecified atom stereocenters. The maximum atomic E-state index is 13.0. The quantitative estimate of drug-likeness (QED) is 0.593. The Morgan fingerprint density at radius 1 is 1.06 bits per heavy atom. The molecule has 1 aromatic heterocycles. The number of hydrogen-bond acceptors (Lipinski definition) is 8. The second-order valence-electron chi connectivity index (χ2n) is 7.38. The van der Waals surface area contributed by atoms with Crippen molar-refractivity contribution in [1.82, 2.24) is 14.4 Å². The largest absolute Gasteiger partial charge is 0.497 e. The number of benzene rings is 2. The van der Waals surface area contributed by atoms with Crippen molar-refractivity contribution >= 4 is 10.0 Å². The summed E-state index contributed by atoms with van der Waals surface area (Å²) < 4.78 is 48.8. The average Bonchev–Trinajstić information content (AvgIpc) is 3.48. The van der Waals surface area contributed by atoms with Crippen LogP contribution >= 0.6 is 0 Å². The van der Waals surface area contributed by atoms with E-state index in [2.05, 4.69) is 10.1 Å². The minimum Gasteiger partial charge on any atom is -0.497 e. The lowest BCUT2D eigenvalue weighted by Gasteiger charge is -2.29. The molecule has 3 aromatic rings. The Kier molecular flexibility index (Phi) is 5.03. The maximum Gasteiger partial charge on any atom is 0.243 e. The molecule has 31 heavy (non-hydrogen) atoms. The molecule has 3 heterocycles. The fourth-order valence-corrected chi connectivity index (χ4v) is 5.31. The van der Waals surface area contributed by atoms with Crippen molar-refractivity contribution < 1.29 is 27.2 Å². The lowest BCUT2D eigenvalue weighted by Crippen LogP contribution is -2.37. The van der Waals surface area contributed by atoms with E-state index in [1.165, 1.54) is 17.5 Å². The zero-order valence-electron chi connectivity index (χ0n) is 16.9. The lowest BCUT2D eigenvalue weighted by molar-refractivity contribution is 0.174. The SMILES string of the molecule is COc1cccc(S(=O)(=O)N2CCC(c3nc(-c4ccc5c(c4)OCO5)no3)CC2)c1. The van der Waals surface area contributed by atoms with Gasteiger partial charge in [-0.25, -0.2) is 8.42 Å². The van der Waals surface area contributed by atoms with Gasteiger partial charge in [0.25, 0.3) is 0 Å². The predicted octanol–water partition coefficient (Wildman–Crippen LogP) is 3.04. The van der Waals surface area contributed by atoms with Crippen LogP contribution < -0.4 is 14.2 Å². The summed E-state index contributed by atoms with van der Waals surface area (Å²) in [5.41, 5.74) is 0.775. The molecule has 162 valence electrons. The van der Waals surface area contributed by atoms with Crippen LogP contribution in [0.4, 0.5) is 0 Å². The maximum absolute atomic E-state index is 13.0. The highest BCUT2D eigenvalue weighted by Crippen LogP contribution is 2.36. The number of hydrogen-bond donors (Lipinski definition) is 0. The third kappa shape index (κ3) is 3.72. The van der Waals surface area contributed by atoms with Crippen molar-refractivity contribution in [3.63, 3.8) is 0 Å². The van der Waals surface area contributed by atoms with Crippen molar-refractivity contribution in [1.29, 1.82) is 0 Å². The van der Waals surface area contributed by atoms with E-state index in [1.54, 1.807) is 18.2 Å². The van der Waals surface area contributed by atoms with E-state index in [1.807, 2.05) is 18.2 Å². The molecule has 10 heteroatoms. The van der Waals surface area contributed by atoms with Crippen LogP contribution in [0, 0.1) is 0 Å². The first-order valence-electron chi connectivity index (χ1n) is 9.92. The molecule has 0 saturated carbocycles. The molecule has 1 fully saturated rings. The summed E-state index contributed by atoms with van der Waals surface area (Å²) in [5.74, 6) is 2.85. The second kappa shape index (κ2) is 7.86. The molecule has 0 aliphatic carbocycles. The number of nitrogens with zero attached hydrogens (tertiary/aromatic N) is 3. The third-order valence-electron chi connectivity index (χ3n) is 5.55. The van der Waals surface area contributed by atoms with Gasteiger partial charge in [-0.1, -0.05) is 11.2 Å². The van der Waals surface area contributed by atoms with Crippen LogP contribution in [0.1, 0.15) is 24.7 Å². The van der Waals surface area contributed by atoms with Gasteiger partial charge in [0.2, 0.25) is 28.5 Å². The van der Waals surface area contributed by atoms with E-state index in [4.69, 9.17) is 18.7 Å². The topological polar surface area (TPSA) is 104 Å². The fraction of sp³-hybridized carbons (Fsp3) is 0.333. The van der Waals surface area contributed by atoms with Crippen molar-refractivity contribution in [2.45, 2.75) is 23.7 Å². The molecule has 2 aromatic carbocycles. The normalized spacial score (nSPS) is 17.1. The van der Waals surface area contributed by atoms with Crippen LogP contribution in [0.2, 0.25) is 0 Å². The average molecular weight is 443 g/mol. The zero-order valence-corrected chi connectivity index (χ0v) is 17.7. The van der Waals surface area contributed by atoms with E-state index in [0.717, 1.165) is 5.56 Å². The molecule has 2 aliphatic heterocycles. The summed E-state index contributed by atoms with van der Waals surface area (Å²) in [4.78, 5) is 4.77. The van der Waals surface area contributed by atoms with Crippen molar-refractivity contribution in [3.05, 3.63) is 48.4 Å². The predicted molar refractivity (Wildman–Crippen MR) is 110 cm³/mol. The van der Waals surface area contributed by atoms with E-state index in [9.17, 15) is 8.42 Å². The number of sulfonamides is 1. The first kappa shape index (κ1) is 19.8. The van der Waals surface area contributed by atoms with Gasteiger partial charge in [0.05, 0.1) is 12.0 Å². The first-order valence-corrected chi connectivity index (χ1v) is 11.4. The third-order valence-corrected chi connectivity index (χ3v) is 7.45. The molecule has 0 bridgehead atoms. The summed E-state index contributed by atoms with van der Waals surface area (Å²) in [6, 6.07) is 12.0. The molecule has 5 rings (SSSR count). The van der Waals surface area contributed by atoms with Crippen LogP contribution in [0.3, 0.4) is 0 Å². The number of aromatic nitrogens is 2. The van der Waals surface area contributed by atoms with Crippen molar-refractivity contribution in [2.24, 2.45) is 0 Å². The molecule has 0 amide bonds. The van der Waals surface area contributed by atoms with Gasteiger partial charge in [0, 0.05) is 30.6 Å². The number of methoxy groups -OCH3 is 1. The highest BCUT2D eigenvalue weighted by Gasteiger charge is 2.32. The summed E-state index contributed by atoms with van der Waals surface area (Å²) >= 11 is 0. The van der Waals surface area contributed by atoms with Crippen LogP contribution in [-0.4, -0.2) is 49.9 Å². The highest BCUT2D eigenvalue weighted by molar-refractivity contribution is 7.89. The summed E-state index contributed by atoms with van der Waals surface area (Å²) in [6.45, 7) is 0.964. The van der Waals surface area contributed by atoms with Crippen LogP contribution in [0.25, 0.3) is 11.4 Å². The monoisotopic (exact) mass is 443 g/mol. The Hall–Kier alpha value is -3.11. The van der Waals surface area contributed by atoms with Gasteiger partial charge in [-0.2, -0.15) is 9.29 Å². The Balaban J connectivity index is 1.28. The summed E-state index contributed by atoms with van der Waals surface area (Å²) in [6.07, 6.45) is 1.21. The zero-order chi connectivity index (χ0) is 21.4. The number of ether oxygens (including phenoxy) is 3. The first-order chi connectivity index (χ1) is 15.0. The van der Waals surface area contributed by atoms with E-state index >= 15 is 0 Å². The van der Waals surface area contributed by atoms with E-state index in [-0.39, 0.29) is 17.6 Å². The van der Waals surface area contributed by atoms with Crippen LogP contribution in [-0.2, 0) is 10.0 Å². The van der Waals surface area contributed by atoms with E-state index in [0.29, 0.717) is 54.9 Å². The molecule has 0 spiro atoms. The molecule has 0 radical (unpaired) electrons. The molecule has 2 aliphatic rings. The van der Waals surface area contributed by atoms with Gasteiger partial charge in [-0.15, -0.1) is 0 Å². The van der Waals surface area contributed by atoms with Gasteiger partial charge in [0.1, 0.15) is 5.75 Å². The number of piperidine rings is 1. The van der Waals surface area contributed by atoms with Gasteiger partial charge >= 0.3 is 0 Å². The molecule has 1 saturated heterocycles. The molecule has 0 atom stereocenters. The molecular formula is C21H21N3O6S. The lowest BCUT2D eigenvalue weighted by atomic mass is 9.98. The molecule has 9 nitrogen and oxygen atoms in total. The van der Waals surface area contributed by atoms with Gasteiger partial charge in [-0.05, 0) is 43.2 Å². The minimum absolute atomic E-state index is 0.00650. The smallest absolute Gasteiger partial charge is 0.243 e. The second-order valence-corrected chi connectivity index (χ2v) is 9.32. The van der Waals surface area contributed by atoms with Crippen LogP contribution in [0.15, 0.2) is 51.9 Å². The van der Waals surface area contributed by atoms with Gasteiger partial charge in [0.15, 0.2) is 11.5 Å². The Bertz CT molecular complexity index is 1200. The standard InChI is InChI=1S/C21H21N3O6S/c1-27-16-3-2-4-17(12-16)31(25,26)24-9-7-14(8-10-24)21-22-20(23-30-21)15-5-6-18-19(11-15)29-13-28-18/h2-6,11-12,14H,7-10,13H2,1H3. The minimum atomic E-state index is -3.58. The Morgan fingerprint density at radius 2 is 1.87 bits per heavy atom. The Morgan fingerprint density at radius 3 is 2.68 bits per heavy atom. The fourth-order valence-electron chi connectivity index (χ4n) is 3.81. The van der Waals surface area contributed by atoms with Crippen molar-refractivity contribution in [3.8, 4) is 28.6 Å². The van der Waals surface area contributed by atoms with Gasteiger partial charge in [-0.3, -0.25) is 0 Å². The molecular weight excluding hydrogens is 422 g/mol. The molecule has 0 N–H and O–H groups in total. The number of fused-ring (bicyclic) bond motifs is 1. The summed E-state index contributed by atoms with van der Waals surface area (Å²) in [5, 5.41) is 4.09. The number of rotatable bonds is 5. The van der Waals surface area contributed by atoms with Crippen molar-refractivity contribution in [2.75, 3.05) is 27.0 Å². The van der Waals surface area contributed by atoms with Gasteiger partial charge < -0.3 is 18.7 Å². The highest BCUT2D eigenvalue weighted by atomic mass is 32.2. The summed E-state index contributed by atoms with van der Waals surface area (Å²) in [7, 11) is -2.07. The van der Waals surface area contributed by atoms with E-state index < -0.39 is 10.0 Å². The van der Waals surface area contributed by atoms with Crippen LogP contribution in [0.5, 0.6) is 17.2 Å². The Labute approximate surface area is 179 Å².